The summed E-state index contributed by atoms with van der Waals surface area (Å²) < 4.78 is 0. The van der Waals surface area contributed by atoms with E-state index in [2.05, 4.69) is 0 Å². The maximum Gasteiger partial charge on any atom is 0.225 e. The second-order valence-electron chi connectivity index (χ2n) is 4.11. The topological polar surface area (TPSA) is 66.6 Å². The van der Waals surface area contributed by atoms with Crippen LogP contribution in [-0.4, -0.2) is 42.2 Å². The van der Waals surface area contributed by atoms with Gasteiger partial charge in [0.1, 0.15) is 0 Å². The van der Waals surface area contributed by atoms with Gasteiger partial charge in [0.2, 0.25) is 5.91 Å². The summed E-state index contributed by atoms with van der Waals surface area (Å²) in [7, 11) is 1.73. The molecule has 0 aliphatic heterocycles. The van der Waals surface area contributed by atoms with Crippen LogP contribution >= 0.6 is 0 Å². The lowest BCUT2D eigenvalue weighted by Crippen LogP contribution is -2.39. The fraction of sp³-hybridized carbons (Fsp3) is 0.900. The Bertz CT molecular complexity index is 197. The summed E-state index contributed by atoms with van der Waals surface area (Å²) in [5, 5.41) is 8.72. The predicted octanol–water partition coefficient (Wildman–Crippen LogP) is -0.0454. The smallest absolute Gasteiger partial charge is 0.225 e. The zero-order valence-corrected chi connectivity index (χ0v) is 8.78. The second kappa shape index (κ2) is 5.32. The Morgan fingerprint density at radius 1 is 1.57 bits per heavy atom. The third-order valence-electron chi connectivity index (χ3n) is 2.88. The van der Waals surface area contributed by atoms with Gasteiger partial charge in [-0.15, -0.1) is 0 Å². The molecule has 1 saturated carbocycles. The van der Waals surface area contributed by atoms with E-state index in [-0.39, 0.29) is 24.5 Å². The molecule has 4 heteroatoms. The fourth-order valence-corrected chi connectivity index (χ4v) is 2.02. The van der Waals surface area contributed by atoms with Crippen molar-refractivity contribution >= 4 is 5.91 Å². The van der Waals surface area contributed by atoms with Gasteiger partial charge >= 0.3 is 0 Å². The van der Waals surface area contributed by atoms with Crippen LogP contribution in [0.1, 0.15) is 25.7 Å². The van der Waals surface area contributed by atoms with E-state index >= 15 is 0 Å². The van der Waals surface area contributed by atoms with Crippen LogP contribution in [0.25, 0.3) is 0 Å². The standard InChI is InChI=1S/C10H20N2O2/c1-12(5-6-13)10(14)8-3-2-4-9(11)7-8/h8-9,13H,2-7,11H2,1H3. The number of hydrogen-bond acceptors (Lipinski definition) is 3. The Kier molecular flexibility index (Phi) is 4.35. The first-order chi connectivity index (χ1) is 6.65. The van der Waals surface area contributed by atoms with E-state index in [0.29, 0.717) is 6.54 Å². The van der Waals surface area contributed by atoms with E-state index in [1.165, 1.54) is 0 Å². The number of nitrogens with zero attached hydrogens (tertiary/aromatic N) is 1. The van der Waals surface area contributed by atoms with E-state index in [0.717, 1.165) is 25.7 Å². The highest BCUT2D eigenvalue weighted by Crippen LogP contribution is 2.24. The summed E-state index contributed by atoms with van der Waals surface area (Å²) in [6, 6.07) is 0.181. The van der Waals surface area contributed by atoms with E-state index in [1.807, 2.05) is 0 Å². The Balaban J connectivity index is 2.42. The summed E-state index contributed by atoms with van der Waals surface area (Å²) in [4.78, 5) is 13.4. The molecule has 0 bridgehead atoms. The molecule has 0 heterocycles. The molecule has 1 aliphatic rings. The first-order valence-corrected chi connectivity index (χ1v) is 5.26. The molecule has 3 N–H and O–H groups in total. The third kappa shape index (κ3) is 2.96. The minimum absolute atomic E-state index is 0.0288. The number of likely N-dealkylation sites (N-methyl/N-ethyl adjacent to an activating group) is 1. The summed E-state index contributed by atoms with van der Waals surface area (Å²) >= 11 is 0. The van der Waals surface area contributed by atoms with Gasteiger partial charge in [0.25, 0.3) is 0 Å². The number of aliphatic hydroxyl groups is 1. The van der Waals surface area contributed by atoms with Crippen molar-refractivity contribution in [2.75, 3.05) is 20.2 Å². The van der Waals surface area contributed by atoms with Gasteiger partial charge in [-0.1, -0.05) is 6.42 Å². The van der Waals surface area contributed by atoms with Gasteiger partial charge in [-0.2, -0.15) is 0 Å². The number of carbonyl (C=O) groups excluding carboxylic acids is 1. The first-order valence-electron chi connectivity index (χ1n) is 5.26. The molecule has 14 heavy (non-hydrogen) atoms. The molecule has 0 aromatic heterocycles. The van der Waals surface area contributed by atoms with Crippen molar-refractivity contribution < 1.29 is 9.90 Å². The minimum Gasteiger partial charge on any atom is -0.395 e. The first kappa shape index (κ1) is 11.5. The van der Waals surface area contributed by atoms with Crippen LogP contribution in [0.3, 0.4) is 0 Å². The van der Waals surface area contributed by atoms with Crippen molar-refractivity contribution in [3.05, 3.63) is 0 Å². The largest absolute Gasteiger partial charge is 0.395 e. The van der Waals surface area contributed by atoms with Gasteiger partial charge in [-0.25, -0.2) is 0 Å². The molecule has 1 aliphatic carbocycles. The number of aliphatic hydroxyl groups excluding tert-OH is 1. The predicted molar refractivity (Wildman–Crippen MR) is 54.7 cm³/mol. The molecule has 0 saturated heterocycles. The van der Waals surface area contributed by atoms with Crippen LogP contribution in [0.15, 0.2) is 0 Å². The van der Waals surface area contributed by atoms with Crippen molar-refractivity contribution in [1.82, 2.24) is 4.90 Å². The average Bonchev–Trinajstić information content (AvgIpc) is 2.17. The lowest BCUT2D eigenvalue weighted by atomic mass is 9.85. The summed E-state index contributed by atoms with van der Waals surface area (Å²) in [6.07, 6.45) is 3.83. The summed E-state index contributed by atoms with van der Waals surface area (Å²) in [5.74, 6) is 0.212. The van der Waals surface area contributed by atoms with Gasteiger partial charge in [0.05, 0.1) is 6.61 Å². The number of carbonyl (C=O) groups is 1. The molecule has 0 spiro atoms. The molecular weight excluding hydrogens is 180 g/mol. The molecule has 1 amide bonds. The van der Waals surface area contributed by atoms with Crippen molar-refractivity contribution in [1.29, 1.82) is 0 Å². The van der Waals surface area contributed by atoms with Crippen LogP contribution < -0.4 is 5.73 Å². The molecule has 0 radical (unpaired) electrons. The molecule has 1 rings (SSSR count). The maximum atomic E-state index is 11.8. The highest BCUT2D eigenvalue weighted by Gasteiger charge is 2.27. The number of amides is 1. The monoisotopic (exact) mass is 200 g/mol. The SMILES string of the molecule is CN(CCO)C(=O)C1CCCC(N)C1. The Labute approximate surface area is 85.1 Å². The Hall–Kier alpha value is -0.610. The molecule has 0 aromatic carbocycles. The normalized spacial score (nSPS) is 27.4. The van der Waals surface area contributed by atoms with Gasteiger partial charge in [-0.3, -0.25) is 4.79 Å². The van der Waals surface area contributed by atoms with Crippen LogP contribution in [0.5, 0.6) is 0 Å². The maximum absolute atomic E-state index is 11.8. The van der Waals surface area contributed by atoms with Crippen LogP contribution in [0, 0.1) is 5.92 Å². The van der Waals surface area contributed by atoms with Gasteiger partial charge < -0.3 is 15.7 Å². The molecule has 2 atom stereocenters. The van der Waals surface area contributed by atoms with Crippen molar-refractivity contribution in [2.45, 2.75) is 31.7 Å². The summed E-state index contributed by atoms with van der Waals surface area (Å²) in [6.45, 7) is 0.450. The zero-order valence-electron chi connectivity index (χ0n) is 8.78. The van der Waals surface area contributed by atoms with Crippen LogP contribution in [0.4, 0.5) is 0 Å². The van der Waals surface area contributed by atoms with Crippen molar-refractivity contribution in [3.8, 4) is 0 Å². The molecule has 0 aromatic rings. The van der Waals surface area contributed by atoms with Crippen LogP contribution in [-0.2, 0) is 4.79 Å². The fourth-order valence-electron chi connectivity index (χ4n) is 2.02. The molecule has 2 unspecified atom stereocenters. The molecule has 82 valence electrons. The van der Waals surface area contributed by atoms with E-state index in [1.54, 1.807) is 11.9 Å². The molecule has 4 nitrogen and oxygen atoms in total. The lowest BCUT2D eigenvalue weighted by Gasteiger charge is -2.29. The van der Waals surface area contributed by atoms with Gasteiger partial charge in [-0.05, 0) is 19.3 Å². The van der Waals surface area contributed by atoms with E-state index < -0.39 is 0 Å². The number of nitrogens with two attached hydrogens (primary N) is 1. The third-order valence-corrected chi connectivity index (χ3v) is 2.88. The Morgan fingerprint density at radius 2 is 2.29 bits per heavy atom. The zero-order chi connectivity index (χ0) is 10.6. The lowest BCUT2D eigenvalue weighted by molar-refractivity contribution is -0.135. The highest BCUT2D eigenvalue weighted by atomic mass is 16.3. The molecule has 1 fully saturated rings. The van der Waals surface area contributed by atoms with Gasteiger partial charge in [0.15, 0.2) is 0 Å². The summed E-state index contributed by atoms with van der Waals surface area (Å²) in [5.41, 5.74) is 5.82. The number of rotatable bonds is 3. The van der Waals surface area contributed by atoms with Crippen molar-refractivity contribution in [3.63, 3.8) is 0 Å². The van der Waals surface area contributed by atoms with Crippen molar-refractivity contribution in [2.24, 2.45) is 11.7 Å². The van der Waals surface area contributed by atoms with E-state index in [9.17, 15) is 4.79 Å². The highest BCUT2D eigenvalue weighted by molar-refractivity contribution is 5.78. The Morgan fingerprint density at radius 3 is 2.86 bits per heavy atom. The van der Waals surface area contributed by atoms with Gasteiger partial charge in [0, 0.05) is 25.6 Å². The average molecular weight is 200 g/mol. The quantitative estimate of drug-likeness (QED) is 0.671. The van der Waals surface area contributed by atoms with Crippen LogP contribution in [0.2, 0.25) is 0 Å². The second-order valence-corrected chi connectivity index (χ2v) is 4.11. The molecular formula is C10H20N2O2. The minimum atomic E-state index is 0.0288. The van der Waals surface area contributed by atoms with E-state index in [4.69, 9.17) is 10.8 Å². The number of hydrogen-bond donors (Lipinski definition) is 2.